The van der Waals surface area contributed by atoms with Crippen molar-refractivity contribution < 1.29 is 4.92 Å². The Labute approximate surface area is 69.1 Å². The molecule has 0 amide bonds. The van der Waals surface area contributed by atoms with Crippen LogP contribution in [0.3, 0.4) is 0 Å². The number of rotatable bonds is 2. The van der Waals surface area contributed by atoms with Crippen LogP contribution in [0.1, 0.15) is 12.6 Å². The average molecular weight is 170 g/mol. The van der Waals surface area contributed by atoms with Crippen molar-refractivity contribution in [2.24, 2.45) is 0 Å². The molecule has 0 saturated carbocycles. The maximum atomic E-state index is 10.4. The van der Waals surface area contributed by atoms with Gasteiger partial charge in [-0.05, 0) is 13.8 Å². The summed E-state index contributed by atoms with van der Waals surface area (Å²) in [7, 11) is 0. The van der Waals surface area contributed by atoms with Crippen molar-refractivity contribution in [3.63, 3.8) is 0 Å². The van der Waals surface area contributed by atoms with Gasteiger partial charge >= 0.3 is 5.69 Å². The third-order valence-corrected chi connectivity index (χ3v) is 1.62. The molecule has 6 nitrogen and oxygen atoms in total. The second kappa shape index (κ2) is 2.80. The van der Waals surface area contributed by atoms with Gasteiger partial charge in [0.1, 0.15) is 5.69 Å². The molecule has 0 aliphatic rings. The maximum Gasteiger partial charge on any atom is 0.333 e. The van der Waals surface area contributed by atoms with Gasteiger partial charge in [0, 0.05) is 6.54 Å². The van der Waals surface area contributed by atoms with Crippen LogP contribution in [0.2, 0.25) is 0 Å². The second-order valence-electron chi connectivity index (χ2n) is 2.39. The van der Waals surface area contributed by atoms with E-state index in [2.05, 4.69) is 5.10 Å². The van der Waals surface area contributed by atoms with Gasteiger partial charge in [-0.2, -0.15) is 5.10 Å². The normalized spacial score (nSPS) is 10.2. The van der Waals surface area contributed by atoms with Gasteiger partial charge in [0.2, 0.25) is 5.82 Å². The van der Waals surface area contributed by atoms with Crippen LogP contribution in [-0.4, -0.2) is 14.7 Å². The van der Waals surface area contributed by atoms with E-state index in [1.807, 2.05) is 6.92 Å². The Morgan fingerprint density at radius 3 is 2.58 bits per heavy atom. The number of hydrogen-bond donors (Lipinski definition) is 1. The van der Waals surface area contributed by atoms with Gasteiger partial charge in [0.15, 0.2) is 0 Å². The molecule has 66 valence electrons. The summed E-state index contributed by atoms with van der Waals surface area (Å²) in [6, 6.07) is 0. The van der Waals surface area contributed by atoms with Crippen LogP contribution in [0.5, 0.6) is 0 Å². The number of hydrogen-bond acceptors (Lipinski definition) is 4. The Kier molecular flexibility index (Phi) is 1.99. The van der Waals surface area contributed by atoms with E-state index in [0.717, 1.165) is 0 Å². The molecule has 2 N–H and O–H groups in total. The second-order valence-corrected chi connectivity index (χ2v) is 2.39. The number of nitrogens with two attached hydrogens (primary N) is 1. The predicted molar refractivity (Wildman–Crippen MR) is 43.7 cm³/mol. The summed E-state index contributed by atoms with van der Waals surface area (Å²) >= 11 is 0. The molecule has 1 heterocycles. The van der Waals surface area contributed by atoms with Gasteiger partial charge < -0.3 is 5.73 Å². The first-order valence-electron chi connectivity index (χ1n) is 3.55. The molecule has 12 heavy (non-hydrogen) atoms. The summed E-state index contributed by atoms with van der Waals surface area (Å²) in [5.41, 5.74) is 5.75. The van der Waals surface area contributed by atoms with E-state index in [4.69, 9.17) is 5.73 Å². The highest BCUT2D eigenvalue weighted by atomic mass is 16.6. The molecule has 0 aromatic carbocycles. The summed E-state index contributed by atoms with van der Waals surface area (Å²) in [6.07, 6.45) is 0. The van der Waals surface area contributed by atoms with Gasteiger partial charge in [-0.1, -0.05) is 0 Å². The predicted octanol–water partition coefficient (Wildman–Crippen LogP) is 0.702. The van der Waals surface area contributed by atoms with E-state index in [1.165, 1.54) is 4.68 Å². The van der Waals surface area contributed by atoms with Crippen LogP contribution in [-0.2, 0) is 6.54 Å². The van der Waals surface area contributed by atoms with E-state index in [-0.39, 0.29) is 11.5 Å². The van der Waals surface area contributed by atoms with Gasteiger partial charge in [-0.3, -0.25) is 10.1 Å². The van der Waals surface area contributed by atoms with Crippen LogP contribution in [0.4, 0.5) is 11.5 Å². The third kappa shape index (κ3) is 1.11. The fourth-order valence-corrected chi connectivity index (χ4v) is 1.06. The lowest BCUT2D eigenvalue weighted by Gasteiger charge is -1.95. The summed E-state index contributed by atoms with van der Waals surface area (Å²) < 4.78 is 1.41. The minimum absolute atomic E-state index is 0.0862. The molecule has 0 bridgehead atoms. The standard InChI is InChI=1S/C6H10N4O2/c1-3-9-6(7)5(10(11)12)4(2)8-9/h3,7H2,1-2H3. The lowest BCUT2D eigenvalue weighted by atomic mass is 10.4. The molecule has 0 saturated heterocycles. The summed E-state index contributed by atoms with van der Waals surface area (Å²) in [5, 5.41) is 14.3. The highest BCUT2D eigenvalue weighted by Crippen LogP contribution is 2.24. The van der Waals surface area contributed by atoms with E-state index >= 15 is 0 Å². The molecule has 0 radical (unpaired) electrons. The molecule has 0 unspecified atom stereocenters. The number of aryl methyl sites for hydroxylation is 2. The van der Waals surface area contributed by atoms with Crippen molar-refractivity contribution in [1.82, 2.24) is 9.78 Å². The first-order chi connectivity index (χ1) is 5.57. The van der Waals surface area contributed by atoms with Crippen molar-refractivity contribution in [2.75, 3.05) is 5.73 Å². The number of anilines is 1. The molecule has 1 aromatic heterocycles. The van der Waals surface area contributed by atoms with E-state index in [0.29, 0.717) is 12.2 Å². The number of nitrogens with zero attached hydrogens (tertiary/aromatic N) is 3. The van der Waals surface area contributed by atoms with Crippen molar-refractivity contribution in [1.29, 1.82) is 0 Å². The zero-order chi connectivity index (χ0) is 9.30. The van der Waals surface area contributed by atoms with Gasteiger partial charge in [-0.15, -0.1) is 0 Å². The van der Waals surface area contributed by atoms with Gasteiger partial charge in [0.05, 0.1) is 4.92 Å². The first-order valence-corrected chi connectivity index (χ1v) is 3.55. The summed E-state index contributed by atoms with van der Waals surface area (Å²) in [6.45, 7) is 3.94. The molecule has 6 heteroatoms. The number of nitrogen functional groups attached to an aromatic ring is 1. The SMILES string of the molecule is CCn1nc(C)c([N+](=O)[O-])c1N. The highest BCUT2D eigenvalue weighted by molar-refractivity contribution is 5.55. The van der Waals surface area contributed by atoms with Crippen molar-refractivity contribution in [2.45, 2.75) is 20.4 Å². The van der Waals surface area contributed by atoms with Gasteiger partial charge in [-0.25, -0.2) is 4.68 Å². The maximum absolute atomic E-state index is 10.4. The lowest BCUT2D eigenvalue weighted by Crippen LogP contribution is -2.03. The Morgan fingerprint density at radius 1 is 1.75 bits per heavy atom. The van der Waals surface area contributed by atoms with Crippen molar-refractivity contribution in [3.05, 3.63) is 15.8 Å². The molecule has 0 spiro atoms. The van der Waals surface area contributed by atoms with E-state index in [1.54, 1.807) is 6.92 Å². The number of nitro groups is 1. The first kappa shape index (κ1) is 8.51. The third-order valence-electron chi connectivity index (χ3n) is 1.62. The van der Waals surface area contributed by atoms with Crippen molar-refractivity contribution in [3.8, 4) is 0 Å². The monoisotopic (exact) mass is 170 g/mol. The lowest BCUT2D eigenvalue weighted by molar-refractivity contribution is -0.384. The summed E-state index contributed by atoms with van der Waals surface area (Å²) in [5.74, 6) is 0.125. The molecule has 1 rings (SSSR count). The van der Waals surface area contributed by atoms with Gasteiger partial charge in [0.25, 0.3) is 0 Å². The Morgan fingerprint density at radius 2 is 2.33 bits per heavy atom. The molecule has 0 aliphatic heterocycles. The Balaban J connectivity index is 3.28. The Bertz CT molecular complexity index is 318. The topological polar surface area (TPSA) is 87.0 Å². The van der Waals surface area contributed by atoms with Crippen LogP contribution >= 0.6 is 0 Å². The zero-order valence-electron chi connectivity index (χ0n) is 6.94. The zero-order valence-corrected chi connectivity index (χ0v) is 6.94. The quantitative estimate of drug-likeness (QED) is 0.522. The highest BCUT2D eigenvalue weighted by Gasteiger charge is 2.21. The fraction of sp³-hybridized carbons (Fsp3) is 0.500. The van der Waals surface area contributed by atoms with E-state index in [9.17, 15) is 10.1 Å². The molecular formula is C6H10N4O2. The van der Waals surface area contributed by atoms with Crippen LogP contribution < -0.4 is 5.73 Å². The van der Waals surface area contributed by atoms with Crippen LogP contribution in [0.15, 0.2) is 0 Å². The fourth-order valence-electron chi connectivity index (χ4n) is 1.06. The van der Waals surface area contributed by atoms with Crippen LogP contribution in [0, 0.1) is 17.0 Å². The molecule has 0 fully saturated rings. The minimum Gasteiger partial charge on any atom is -0.378 e. The Hall–Kier alpha value is -1.59. The summed E-state index contributed by atoms with van der Waals surface area (Å²) in [4.78, 5) is 9.93. The molecule has 0 aliphatic carbocycles. The van der Waals surface area contributed by atoms with Crippen LogP contribution in [0.25, 0.3) is 0 Å². The van der Waals surface area contributed by atoms with E-state index < -0.39 is 4.92 Å². The largest absolute Gasteiger partial charge is 0.378 e. The molecule has 0 atom stereocenters. The smallest absolute Gasteiger partial charge is 0.333 e. The average Bonchev–Trinajstić information content (AvgIpc) is 2.25. The minimum atomic E-state index is -0.510. The molecule has 1 aromatic rings. The molecular weight excluding hydrogens is 160 g/mol. The number of aromatic nitrogens is 2. The van der Waals surface area contributed by atoms with Crippen molar-refractivity contribution >= 4 is 11.5 Å².